The molecule has 3 amide bonds. The number of thiophene rings is 1. The number of halogens is 1. The van der Waals surface area contributed by atoms with Crippen molar-refractivity contribution >= 4 is 102 Å². The number of anilines is 3. The molecule has 17 nitrogen and oxygen atoms in total. The molecular formula is C47H43ClN6O11S2. The minimum Gasteiger partial charge on any atom is -0.479 e. The van der Waals surface area contributed by atoms with Crippen LogP contribution in [-0.4, -0.2) is 102 Å². The van der Waals surface area contributed by atoms with E-state index in [4.69, 9.17) is 30.8 Å². The molecule has 3 fully saturated rings. The Morgan fingerprint density at radius 3 is 2.46 bits per heavy atom. The Labute approximate surface area is 392 Å². The Hall–Kier alpha value is -6.54. The van der Waals surface area contributed by atoms with Gasteiger partial charge in [0.15, 0.2) is 22.8 Å². The van der Waals surface area contributed by atoms with Crippen LogP contribution in [0, 0.1) is 0 Å². The van der Waals surface area contributed by atoms with Gasteiger partial charge < -0.3 is 29.6 Å². The van der Waals surface area contributed by atoms with E-state index in [9.17, 15) is 37.5 Å². The molecule has 0 radical (unpaired) electrons. The number of nitrogens with one attached hydrogen (secondary N) is 2. The van der Waals surface area contributed by atoms with E-state index in [1.54, 1.807) is 41.3 Å². The molecule has 6 heterocycles. The Balaban J connectivity index is 0.755. The van der Waals surface area contributed by atoms with E-state index < -0.39 is 40.5 Å². The summed E-state index contributed by atoms with van der Waals surface area (Å²) in [5.74, 6) is -3.77. The van der Waals surface area contributed by atoms with Crippen LogP contribution in [0.25, 0.3) is 32.3 Å². The second-order valence-corrected chi connectivity index (χ2v) is 20.5. The fourth-order valence-corrected chi connectivity index (χ4v) is 12.7. The molecule has 0 saturated carbocycles. The van der Waals surface area contributed by atoms with E-state index in [2.05, 4.69) is 21.6 Å². The van der Waals surface area contributed by atoms with Gasteiger partial charge in [-0.2, -0.15) is 4.98 Å². The van der Waals surface area contributed by atoms with Crippen LogP contribution in [0.4, 0.5) is 17.4 Å². The average molecular weight is 967 g/mol. The van der Waals surface area contributed by atoms with Crippen molar-refractivity contribution in [3.63, 3.8) is 0 Å². The lowest BCUT2D eigenvalue weighted by atomic mass is 9.85. The molecule has 67 heavy (non-hydrogen) atoms. The first-order valence-electron chi connectivity index (χ1n) is 21.8. The van der Waals surface area contributed by atoms with Gasteiger partial charge in [0, 0.05) is 55.3 Å². The quantitative estimate of drug-likeness (QED) is 0.0849. The molecule has 6 aromatic rings. The van der Waals surface area contributed by atoms with Crippen molar-refractivity contribution in [2.75, 3.05) is 47.9 Å². The average Bonchev–Trinajstić information content (AvgIpc) is 3.98. The van der Waals surface area contributed by atoms with Crippen LogP contribution in [-0.2, 0) is 30.2 Å². The number of fused-ring (bicyclic) bond motifs is 1. The van der Waals surface area contributed by atoms with Gasteiger partial charge in [-0.15, -0.1) is 11.3 Å². The molecule has 10 rings (SSSR count). The van der Waals surface area contributed by atoms with Gasteiger partial charge in [0.2, 0.25) is 21.8 Å². The highest BCUT2D eigenvalue weighted by atomic mass is 35.5. The van der Waals surface area contributed by atoms with E-state index in [1.165, 1.54) is 4.31 Å². The maximum Gasteiger partial charge on any atom is 0.349 e. The number of amides is 3. The van der Waals surface area contributed by atoms with Gasteiger partial charge in [-0.05, 0) is 96.5 Å². The van der Waals surface area contributed by atoms with E-state index in [0.717, 1.165) is 46.2 Å². The largest absolute Gasteiger partial charge is 0.479 e. The number of oxazole rings is 1. The fourth-order valence-electron chi connectivity index (χ4n) is 9.74. The Kier molecular flexibility index (Phi) is 11.6. The molecule has 0 spiro atoms. The lowest BCUT2D eigenvalue weighted by molar-refractivity contribution is -0.139. The van der Waals surface area contributed by atoms with Gasteiger partial charge in [-0.1, -0.05) is 48.0 Å². The molecule has 346 valence electrons. The number of benzene rings is 4. The van der Waals surface area contributed by atoms with E-state index in [-0.39, 0.29) is 58.0 Å². The van der Waals surface area contributed by atoms with Crippen molar-refractivity contribution in [3.8, 4) is 16.2 Å². The highest BCUT2D eigenvalue weighted by Crippen LogP contribution is 2.47. The summed E-state index contributed by atoms with van der Waals surface area (Å²) in [5.41, 5.74) is 5.45. The van der Waals surface area contributed by atoms with Crippen LogP contribution >= 0.6 is 22.9 Å². The third-order valence-electron chi connectivity index (χ3n) is 13.0. The summed E-state index contributed by atoms with van der Waals surface area (Å²) in [5, 5.41) is 26.4. The summed E-state index contributed by atoms with van der Waals surface area (Å²) in [6.45, 7) is 1.23. The third kappa shape index (κ3) is 8.45. The van der Waals surface area contributed by atoms with Crippen LogP contribution in [0.2, 0.25) is 5.02 Å². The number of aliphatic carboxylic acids is 1. The number of rotatable bonds is 13. The fraction of sp³-hybridized carbons (Fsp3) is 0.319. The van der Waals surface area contributed by atoms with Gasteiger partial charge in [0.05, 0.1) is 16.3 Å². The molecular weight excluding hydrogens is 924 g/mol. The molecule has 2 aromatic heterocycles. The predicted molar refractivity (Wildman–Crippen MR) is 251 cm³/mol. The molecule has 0 aliphatic carbocycles. The normalized spacial score (nSPS) is 18.5. The number of nitrogens with zero attached hydrogens (tertiary/aromatic N) is 4. The van der Waals surface area contributed by atoms with Crippen molar-refractivity contribution in [3.05, 3.63) is 99.4 Å². The van der Waals surface area contributed by atoms with Crippen LogP contribution in [0.1, 0.15) is 75.6 Å². The maximum absolute atomic E-state index is 13.7. The minimum atomic E-state index is -3.67. The Bertz CT molecular complexity index is 3140. The standard InChI is InChI=1S/C47H43ClN6O11S2/c48-40-41(64-23-38(56)57)43(46(60)61)66-42(40)27-3-1-4-29(22-27)49-28-15-19-53(20-16-28)67(62,63)24-25-7-11-36-33(21-25)50-47(65-36)52-17-13-26(14-18-52)30-8-9-34-39-31(30)5-2-6-32(39)45(59)54(34)35-10-12-37(55)51-44(35)58/h1-9,11,21-22,26,28,35,49H,10,12-20,23-24H2,(H,56,57)(H,60,61)(H,51,55,58). The number of carboxylic acid groups (broad SMARTS) is 2. The maximum atomic E-state index is 13.7. The number of imide groups is 1. The highest BCUT2D eigenvalue weighted by Gasteiger charge is 2.41. The first-order chi connectivity index (χ1) is 32.2. The molecule has 4 aliphatic heterocycles. The van der Waals surface area contributed by atoms with Gasteiger partial charge in [0.25, 0.3) is 11.9 Å². The zero-order valence-electron chi connectivity index (χ0n) is 35.7. The van der Waals surface area contributed by atoms with Gasteiger partial charge >= 0.3 is 11.9 Å². The number of carbonyl (C=O) groups excluding carboxylic acids is 3. The second kappa shape index (κ2) is 17.6. The van der Waals surface area contributed by atoms with E-state index in [0.29, 0.717) is 83.4 Å². The number of aromatic nitrogens is 1. The molecule has 4 aliphatic rings. The second-order valence-electron chi connectivity index (χ2n) is 17.1. The third-order valence-corrected chi connectivity index (χ3v) is 16.5. The summed E-state index contributed by atoms with van der Waals surface area (Å²) in [7, 11) is -3.67. The van der Waals surface area contributed by atoms with Gasteiger partial charge in [-0.25, -0.2) is 22.3 Å². The highest BCUT2D eigenvalue weighted by molar-refractivity contribution is 7.88. The first kappa shape index (κ1) is 44.3. The van der Waals surface area contributed by atoms with Crippen LogP contribution in [0.5, 0.6) is 5.75 Å². The lowest BCUT2D eigenvalue weighted by Gasteiger charge is -2.32. The number of aromatic carboxylic acids is 1. The SMILES string of the molecule is O=C(O)COc1c(C(=O)O)sc(-c2cccc(NC3CCN(S(=O)(=O)Cc4ccc5oc(N6CCC(c7ccc8c9c(cccc79)C(=O)N8C7CCC(=O)NC7=O)CC6)nc5c4)CC3)c2)c1Cl. The number of sulfonamides is 1. The molecule has 0 bridgehead atoms. The lowest BCUT2D eigenvalue weighted by Crippen LogP contribution is -2.53. The summed E-state index contributed by atoms with van der Waals surface area (Å²) in [4.78, 5) is 69.9. The van der Waals surface area contributed by atoms with Crippen molar-refractivity contribution in [2.24, 2.45) is 0 Å². The summed E-state index contributed by atoms with van der Waals surface area (Å²) < 4.78 is 40.3. The van der Waals surface area contributed by atoms with Crippen molar-refractivity contribution < 1.29 is 51.8 Å². The smallest absolute Gasteiger partial charge is 0.349 e. The topological polar surface area (TPSA) is 229 Å². The number of carboxylic acids is 2. The number of hydrogen-bond acceptors (Lipinski definition) is 13. The zero-order chi connectivity index (χ0) is 46.7. The van der Waals surface area contributed by atoms with Crippen LogP contribution in [0.15, 0.2) is 77.2 Å². The molecule has 20 heteroatoms. The number of carbonyl (C=O) groups is 5. The Morgan fingerprint density at radius 1 is 0.940 bits per heavy atom. The first-order valence-corrected chi connectivity index (χ1v) is 24.6. The summed E-state index contributed by atoms with van der Waals surface area (Å²) in [6, 6.07) is 21.9. The predicted octanol–water partition coefficient (Wildman–Crippen LogP) is 7.08. The molecule has 1 unspecified atom stereocenters. The van der Waals surface area contributed by atoms with Crippen molar-refractivity contribution in [1.29, 1.82) is 0 Å². The van der Waals surface area contributed by atoms with Crippen LogP contribution < -0.4 is 25.2 Å². The monoisotopic (exact) mass is 966 g/mol. The number of ether oxygens (including phenoxy) is 1. The van der Waals surface area contributed by atoms with Gasteiger partial charge in [0.1, 0.15) is 16.6 Å². The van der Waals surface area contributed by atoms with E-state index >= 15 is 0 Å². The number of hydrogen-bond donors (Lipinski definition) is 4. The molecule has 4 aromatic carbocycles. The van der Waals surface area contributed by atoms with Crippen molar-refractivity contribution in [1.82, 2.24) is 14.6 Å². The van der Waals surface area contributed by atoms with E-state index in [1.807, 2.05) is 30.3 Å². The van der Waals surface area contributed by atoms with Crippen molar-refractivity contribution in [2.45, 2.75) is 62.3 Å². The van der Waals surface area contributed by atoms with Crippen LogP contribution in [0.3, 0.4) is 0 Å². The minimum absolute atomic E-state index is 0.00964. The summed E-state index contributed by atoms with van der Waals surface area (Å²) in [6.07, 6.45) is 3.16. The number of piperidine rings is 3. The molecule has 3 saturated heterocycles. The summed E-state index contributed by atoms with van der Waals surface area (Å²) >= 11 is 7.39. The zero-order valence-corrected chi connectivity index (χ0v) is 38.1. The Morgan fingerprint density at radius 2 is 1.72 bits per heavy atom. The molecule has 4 N–H and O–H groups in total. The van der Waals surface area contributed by atoms with Gasteiger partial charge in [-0.3, -0.25) is 24.6 Å². The molecule has 1 atom stereocenters.